The summed E-state index contributed by atoms with van der Waals surface area (Å²) in [6, 6.07) is 15.4. The minimum Gasteiger partial charge on any atom is -0.357 e. The highest BCUT2D eigenvalue weighted by atomic mass is 32.2. The number of nitrogens with one attached hydrogen (secondary N) is 1. The van der Waals surface area contributed by atoms with Gasteiger partial charge in [-0.1, -0.05) is 36.4 Å². The van der Waals surface area contributed by atoms with Crippen LogP contribution in [0.2, 0.25) is 0 Å². The zero-order chi connectivity index (χ0) is 18.9. The lowest BCUT2D eigenvalue weighted by atomic mass is 10.1. The van der Waals surface area contributed by atoms with Crippen LogP contribution in [-0.4, -0.2) is 35.6 Å². The van der Waals surface area contributed by atoms with Gasteiger partial charge >= 0.3 is 0 Å². The van der Waals surface area contributed by atoms with Gasteiger partial charge in [-0.3, -0.25) is 9.59 Å². The van der Waals surface area contributed by atoms with E-state index in [9.17, 15) is 14.0 Å². The van der Waals surface area contributed by atoms with Gasteiger partial charge in [-0.05, 0) is 25.1 Å². The Kier molecular flexibility index (Phi) is 7.66. The van der Waals surface area contributed by atoms with Crippen molar-refractivity contribution in [1.82, 2.24) is 10.2 Å². The van der Waals surface area contributed by atoms with Crippen LogP contribution < -0.4 is 5.32 Å². The Morgan fingerprint density at radius 2 is 1.77 bits per heavy atom. The molecule has 2 rings (SSSR count). The normalized spacial score (nSPS) is 11.7. The Balaban J connectivity index is 2.05. The molecule has 2 aromatic rings. The molecule has 26 heavy (non-hydrogen) atoms. The number of amides is 2. The fraction of sp³-hybridized carbons (Fsp3) is 0.300. The van der Waals surface area contributed by atoms with E-state index < -0.39 is 6.04 Å². The largest absolute Gasteiger partial charge is 0.357 e. The smallest absolute Gasteiger partial charge is 0.242 e. The van der Waals surface area contributed by atoms with Gasteiger partial charge in [0.25, 0.3) is 0 Å². The molecule has 0 heterocycles. The number of thioether (sulfide) groups is 1. The van der Waals surface area contributed by atoms with Gasteiger partial charge in [-0.25, -0.2) is 4.39 Å². The molecule has 138 valence electrons. The summed E-state index contributed by atoms with van der Waals surface area (Å²) < 4.78 is 14.0. The zero-order valence-electron chi connectivity index (χ0n) is 14.9. The van der Waals surface area contributed by atoms with Crippen molar-refractivity contribution in [2.24, 2.45) is 0 Å². The maximum atomic E-state index is 14.0. The van der Waals surface area contributed by atoms with E-state index in [0.717, 1.165) is 4.90 Å². The molecule has 0 spiro atoms. The molecule has 2 amide bonds. The van der Waals surface area contributed by atoms with Gasteiger partial charge in [0.05, 0.1) is 0 Å². The lowest BCUT2D eigenvalue weighted by Crippen LogP contribution is -2.46. The van der Waals surface area contributed by atoms with Crippen molar-refractivity contribution in [2.45, 2.75) is 30.8 Å². The summed E-state index contributed by atoms with van der Waals surface area (Å²) in [5.74, 6) is -0.233. The summed E-state index contributed by atoms with van der Waals surface area (Å²) in [5, 5.41) is 2.55. The fourth-order valence-electron chi connectivity index (χ4n) is 2.52. The van der Waals surface area contributed by atoms with Gasteiger partial charge < -0.3 is 10.2 Å². The monoisotopic (exact) mass is 374 g/mol. The second kappa shape index (κ2) is 9.97. The highest BCUT2D eigenvalue weighted by Crippen LogP contribution is 2.20. The molecule has 0 saturated heterocycles. The van der Waals surface area contributed by atoms with Crippen molar-refractivity contribution in [2.75, 3.05) is 12.8 Å². The first-order valence-electron chi connectivity index (χ1n) is 8.45. The summed E-state index contributed by atoms with van der Waals surface area (Å²) in [5.41, 5.74) is 0.396. The molecule has 6 heteroatoms. The molecule has 1 atom stereocenters. The Labute approximate surface area is 157 Å². The Morgan fingerprint density at radius 3 is 2.42 bits per heavy atom. The van der Waals surface area contributed by atoms with E-state index in [2.05, 4.69) is 5.32 Å². The van der Waals surface area contributed by atoms with Crippen LogP contribution in [0.1, 0.15) is 18.9 Å². The van der Waals surface area contributed by atoms with Crippen LogP contribution in [0.4, 0.5) is 4.39 Å². The third-order valence-electron chi connectivity index (χ3n) is 4.04. The molecular weight excluding hydrogens is 351 g/mol. The first kappa shape index (κ1) is 20.0. The maximum Gasteiger partial charge on any atom is 0.242 e. The van der Waals surface area contributed by atoms with Crippen LogP contribution in [0.3, 0.4) is 0 Å². The van der Waals surface area contributed by atoms with E-state index in [1.54, 1.807) is 36.9 Å². The van der Waals surface area contributed by atoms with Crippen LogP contribution in [0.25, 0.3) is 0 Å². The zero-order valence-corrected chi connectivity index (χ0v) is 15.8. The van der Waals surface area contributed by atoms with E-state index in [-0.39, 0.29) is 30.6 Å². The molecule has 0 aliphatic carbocycles. The predicted molar refractivity (Wildman–Crippen MR) is 102 cm³/mol. The van der Waals surface area contributed by atoms with Crippen molar-refractivity contribution in [1.29, 1.82) is 0 Å². The van der Waals surface area contributed by atoms with E-state index in [0.29, 0.717) is 11.3 Å². The average Bonchev–Trinajstić information content (AvgIpc) is 2.67. The highest BCUT2D eigenvalue weighted by molar-refractivity contribution is 7.99. The van der Waals surface area contributed by atoms with E-state index in [1.807, 2.05) is 30.3 Å². The van der Waals surface area contributed by atoms with Gasteiger partial charge in [0.1, 0.15) is 11.9 Å². The van der Waals surface area contributed by atoms with Gasteiger partial charge in [0, 0.05) is 36.2 Å². The Hall–Kier alpha value is -2.34. The summed E-state index contributed by atoms with van der Waals surface area (Å²) in [4.78, 5) is 27.3. The molecule has 4 nitrogen and oxygen atoms in total. The Bertz CT molecular complexity index is 740. The Morgan fingerprint density at radius 1 is 1.12 bits per heavy atom. The predicted octanol–water partition coefficient (Wildman–Crippen LogP) is 3.47. The summed E-state index contributed by atoms with van der Waals surface area (Å²) >= 11 is 1.58. The second-order valence-electron chi connectivity index (χ2n) is 5.81. The van der Waals surface area contributed by atoms with Crippen LogP contribution in [0, 0.1) is 5.82 Å². The molecular formula is C20H23FN2O2S. The van der Waals surface area contributed by atoms with Gasteiger partial charge in [-0.2, -0.15) is 0 Å². The number of halogens is 1. The van der Waals surface area contributed by atoms with E-state index in [4.69, 9.17) is 0 Å². The standard InChI is InChI=1S/C20H23FN2O2S/c1-15(20(25)22-2)23(14-16-8-6-7-11-18(16)21)19(24)12-13-26-17-9-4-3-5-10-17/h3-11,15H,12-14H2,1-2H3,(H,22,25)/t15-/m0/s1. The first-order chi connectivity index (χ1) is 12.5. The first-order valence-corrected chi connectivity index (χ1v) is 9.43. The van der Waals surface area contributed by atoms with Crippen LogP contribution in [0.15, 0.2) is 59.5 Å². The third kappa shape index (κ3) is 5.59. The summed E-state index contributed by atoms with van der Waals surface area (Å²) in [6.45, 7) is 1.72. The number of carbonyl (C=O) groups excluding carboxylic acids is 2. The number of nitrogens with zero attached hydrogens (tertiary/aromatic N) is 1. The van der Waals surface area contributed by atoms with Crippen LogP contribution in [-0.2, 0) is 16.1 Å². The number of likely N-dealkylation sites (N-methyl/N-ethyl adjacent to an activating group) is 1. The molecule has 0 aliphatic rings. The fourth-order valence-corrected chi connectivity index (χ4v) is 3.38. The SMILES string of the molecule is CNC(=O)[C@H](C)N(Cc1ccccc1F)C(=O)CCSc1ccccc1. The molecule has 0 bridgehead atoms. The number of benzene rings is 2. The van der Waals surface area contributed by atoms with Gasteiger partial charge in [-0.15, -0.1) is 11.8 Å². The number of hydrogen-bond acceptors (Lipinski definition) is 3. The third-order valence-corrected chi connectivity index (χ3v) is 5.05. The molecule has 0 aliphatic heterocycles. The molecule has 1 N–H and O–H groups in total. The highest BCUT2D eigenvalue weighted by Gasteiger charge is 2.25. The van der Waals surface area contributed by atoms with E-state index in [1.165, 1.54) is 18.0 Å². The van der Waals surface area contributed by atoms with Crippen molar-refractivity contribution in [3.8, 4) is 0 Å². The van der Waals surface area contributed by atoms with Crippen LogP contribution in [0.5, 0.6) is 0 Å². The lowest BCUT2D eigenvalue weighted by molar-refractivity contribution is -0.140. The summed E-state index contributed by atoms with van der Waals surface area (Å²) in [7, 11) is 1.52. The van der Waals surface area contributed by atoms with Crippen molar-refractivity contribution >= 4 is 23.6 Å². The lowest BCUT2D eigenvalue weighted by Gasteiger charge is -2.28. The van der Waals surface area contributed by atoms with Crippen molar-refractivity contribution in [3.05, 3.63) is 66.0 Å². The minimum absolute atomic E-state index is 0.0656. The molecule has 0 fully saturated rings. The number of rotatable bonds is 8. The van der Waals surface area contributed by atoms with Crippen molar-refractivity contribution < 1.29 is 14.0 Å². The van der Waals surface area contributed by atoms with Gasteiger partial charge in [0.15, 0.2) is 0 Å². The summed E-state index contributed by atoms with van der Waals surface area (Å²) in [6.07, 6.45) is 0.273. The van der Waals surface area contributed by atoms with Gasteiger partial charge in [0.2, 0.25) is 11.8 Å². The number of carbonyl (C=O) groups is 2. The van der Waals surface area contributed by atoms with E-state index >= 15 is 0 Å². The molecule has 0 radical (unpaired) electrons. The molecule has 0 saturated carbocycles. The van der Waals surface area contributed by atoms with Crippen molar-refractivity contribution in [3.63, 3.8) is 0 Å². The topological polar surface area (TPSA) is 49.4 Å². The minimum atomic E-state index is -0.672. The molecule has 0 unspecified atom stereocenters. The number of hydrogen-bond donors (Lipinski definition) is 1. The average molecular weight is 374 g/mol. The van der Waals surface area contributed by atoms with Crippen LogP contribution >= 0.6 is 11.8 Å². The molecule has 2 aromatic carbocycles. The molecule has 0 aromatic heterocycles. The second-order valence-corrected chi connectivity index (χ2v) is 6.98. The maximum absolute atomic E-state index is 14.0. The quantitative estimate of drug-likeness (QED) is 0.720.